The molecule has 2 aromatic rings. The van der Waals surface area contributed by atoms with Crippen LogP contribution in [0.3, 0.4) is 0 Å². The Bertz CT molecular complexity index is 765. The minimum atomic E-state index is 0.0154. The summed E-state index contributed by atoms with van der Waals surface area (Å²) in [6, 6.07) is 6.12. The third-order valence-corrected chi connectivity index (χ3v) is 6.00. The van der Waals surface area contributed by atoms with Crippen LogP contribution in [0.2, 0.25) is 0 Å². The highest BCUT2D eigenvalue weighted by Gasteiger charge is 2.40. The normalized spacial score (nSPS) is 23.0. The molecule has 2 atom stereocenters. The van der Waals surface area contributed by atoms with Crippen molar-refractivity contribution in [3.05, 3.63) is 46.7 Å². The zero-order chi connectivity index (χ0) is 17.9. The molecule has 2 aromatic heterocycles. The second-order valence-electron chi connectivity index (χ2n) is 6.94. The van der Waals surface area contributed by atoms with Gasteiger partial charge in [-0.25, -0.2) is 4.98 Å². The lowest BCUT2D eigenvalue weighted by atomic mass is 9.83. The number of amides is 2. The molecule has 0 unspecified atom stereocenters. The molecule has 0 aromatic carbocycles. The zero-order valence-corrected chi connectivity index (χ0v) is 15.4. The number of carbonyl (C=O) groups is 2. The van der Waals surface area contributed by atoms with Crippen LogP contribution in [0.1, 0.15) is 35.4 Å². The van der Waals surface area contributed by atoms with E-state index in [1.54, 1.807) is 17.1 Å². The van der Waals surface area contributed by atoms with Crippen molar-refractivity contribution in [3.63, 3.8) is 0 Å². The molecule has 0 radical (unpaired) electrons. The number of fused-ring (bicyclic) bond motifs is 1. The minimum Gasteiger partial charge on any atom is -0.339 e. The third-order valence-electron chi connectivity index (χ3n) is 5.42. The van der Waals surface area contributed by atoms with Crippen LogP contribution in [0, 0.1) is 5.92 Å². The highest BCUT2D eigenvalue weighted by atomic mass is 32.1. The number of piperidine rings is 2. The molecule has 2 saturated heterocycles. The van der Waals surface area contributed by atoms with Gasteiger partial charge in [0.25, 0.3) is 5.91 Å². The van der Waals surface area contributed by atoms with Crippen molar-refractivity contribution in [2.45, 2.75) is 31.7 Å². The van der Waals surface area contributed by atoms with Gasteiger partial charge in [-0.2, -0.15) is 0 Å². The van der Waals surface area contributed by atoms with Crippen LogP contribution >= 0.6 is 11.3 Å². The Morgan fingerprint density at radius 3 is 2.96 bits per heavy atom. The van der Waals surface area contributed by atoms with Gasteiger partial charge in [-0.05, 0) is 30.9 Å². The van der Waals surface area contributed by atoms with E-state index in [9.17, 15) is 9.59 Å². The first-order valence-electron chi connectivity index (χ1n) is 9.09. The van der Waals surface area contributed by atoms with Crippen LogP contribution in [0.25, 0.3) is 0 Å². The van der Waals surface area contributed by atoms with Crippen molar-refractivity contribution in [2.24, 2.45) is 5.92 Å². The van der Waals surface area contributed by atoms with Crippen molar-refractivity contribution in [2.75, 3.05) is 19.6 Å². The Morgan fingerprint density at radius 1 is 1.27 bits per heavy atom. The fraction of sp³-hybridized carbons (Fsp3) is 0.474. The zero-order valence-electron chi connectivity index (χ0n) is 14.6. The molecule has 7 heteroatoms. The molecule has 0 saturated carbocycles. The molecule has 0 bridgehead atoms. The van der Waals surface area contributed by atoms with Gasteiger partial charge in [-0.3, -0.25) is 14.6 Å². The van der Waals surface area contributed by atoms with Gasteiger partial charge in [0.15, 0.2) is 0 Å². The van der Waals surface area contributed by atoms with Crippen LogP contribution in [0.15, 0.2) is 35.3 Å². The fourth-order valence-corrected chi connectivity index (χ4v) is 4.61. The first-order valence-corrected chi connectivity index (χ1v) is 10.0. The van der Waals surface area contributed by atoms with Crippen molar-refractivity contribution in [1.82, 2.24) is 19.8 Å². The molecule has 2 fully saturated rings. The van der Waals surface area contributed by atoms with Crippen LogP contribution in [0.4, 0.5) is 0 Å². The van der Waals surface area contributed by atoms with Crippen LogP contribution in [-0.2, 0) is 11.2 Å². The van der Waals surface area contributed by atoms with E-state index in [1.807, 2.05) is 28.0 Å². The standard InChI is InChI=1S/C19H22N4O2S/c24-18-5-4-14-11-22(19(25)16-12-26-13-21-16)9-7-17(14)23(18)10-6-15-3-1-2-8-20-15/h1-3,8,12-14,17H,4-7,9-11H2/t14-,17+/m0/s1. The Hall–Kier alpha value is -2.28. The lowest BCUT2D eigenvalue weighted by Gasteiger charge is -2.47. The number of hydrogen-bond donors (Lipinski definition) is 0. The lowest BCUT2D eigenvalue weighted by Crippen LogP contribution is -2.57. The number of thiazole rings is 1. The molecule has 2 amide bonds. The minimum absolute atomic E-state index is 0.0154. The number of hydrogen-bond acceptors (Lipinski definition) is 5. The number of likely N-dealkylation sites (tertiary alicyclic amines) is 2. The van der Waals surface area contributed by atoms with E-state index in [1.165, 1.54) is 11.3 Å². The third kappa shape index (κ3) is 3.49. The molecule has 0 N–H and O–H groups in total. The molecule has 2 aliphatic heterocycles. The van der Waals surface area contributed by atoms with Gasteiger partial charge in [-0.15, -0.1) is 11.3 Å². The molecule has 6 nitrogen and oxygen atoms in total. The van der Waals surface area contributed by atoms with E-state index in [-0.39, 0.29) is 17.9 Å². The van der Waals surface area contributed by atoms with Crippen LogP contribution in [0.5, 0.6) is 0 Å². The largest absolute Gasteiger partial charge is 0.339 e. The average molecular weight is 370 g/mol. The van der Waals surface area contributed by atoms with Crippen molar-refractivity contribution in [1.29, 1.82) is 0 Å². The van der Waals surface area contributed by atoms with E-state index < -0.39 is 0 Å². The van der Waals surface area contributed by atoms with Gasteiger partial charge < -0.3 is 9.80 Å². The summed E-state index contributed by atoms with van der Waals surface area (Å²) in [5, 5.41) is 1.80. The summed E-state index contributed by atoms with van der Waals surface area (Å²) in [6.07, 6.45) is 4.84. The van der Waals surface area contributed by atoms with E-state index in [0.29, 0.717) is 37.7 Å². The Labute approximate surface area is 156 Å². The number of nitrogens with zero attached hydrogens (tertiary/aromatic N) is 4. The molecule has 4 heterocycles. The molecular weight excluding hydrogens is 348 g/mol. The smallest absolute Gasteiger partial charge is 0.273 e. The van der Waals surface area contributed by atoms with Gasteiger partial charge in [0.1, 0.15) is 5.69 Å². The molecule has 0 aliphatic carbocycles. The fourth-order valence-electron chi connectivity index (χ4n) is 4.09. The molecule has 136 valence electrons. The van der Waals surface area contributed by atoms with Gasteiger partial charge in [0.2, 0.25) is 5.91 Å². The lowest BCUT2D eigenvalue weighted by molar-refractivity contribution is -0.140. The Morgan fingerprint density at radius 2 is 2.19 bits per heavy atom. The quantitative estimate of drug-likeness (QED) is 0.828. The number of rotatable bonds is 4. The van der Waals surface area contributed by atoms with Gasteiger partial charge in [0, 0.05) is 55.8 Å². The Balaban J connectivity index is 1.41. The summed E-state index contributed by atoms with van der Waals surface area (Å²) >= 11 is 1.44. The monoisotopic (exact) mass is 370 g/mol. The number of aromatic nitrogens is 2. The maximum absolute atomic E-state index is 12.6. The maximum Gasteiger partial charge on any atom is 0.273 e. The highest BCUT2D eigenvalue weighted by Crippen LogP contribution is 2.32. The maximum atomic E-state index is 12.6. The molecular formula is C19H22N4O2S. The van der Waals surface area contributed by atoms with Crippen LogP contribution in [-0.4, -0.2) is 57.3 Å². The SMILES string of the molecule is O=C(c1cscn1)N1CC[C@@H]2[C@@H](CCC(=O)N2CCc2ccccn2)C1. The molecule has 26 heavy (non-hydrogen) atoms. The highest BCUT2D eigenvalue weighted by molar-refractivity contribution is 7.07. The van der Waals surface area contributed by atoms with Crippen molar-refractivity contribution >= 4 is 23.2 Å². The van der Waals surface area contributed by atoms with E-state index in [0.717, 1.165) is 25.0 Å². The summed E-state index contributed by atoms with van der Waals surface area (Å²) in [6.45, 7) is 2.11. The van der Waals surface area contributed by atoms with Crippen molar-refractivity contribution in [3.8, 4) is 0 Å². The molecule has 2 aliphatic rings. The summed E-state index contributed by atoms with van der Waals surface area (Å²) in [5.74, 6) is 0.607. The number of carbonyl (C=O) groups excluding carboxylic acids is 2. The average Bonchev–Trinajstić information content (AvgIpc) is 3.22. The summed E-state index contributed by atoms with van der Waals surface area (Å²) in [4.78, 5) is 37.5. The summed E-state index contributed by atoms with van der Waals surface area (Å²) in [7, 11) is 0. The van der Waals surface area contributed by atoms with Gasteiger partial charge >= 0.3 is 0 Å². The second-order valence-corrected chi connectivity index (χ2v) is 7.66. The number of pyridine rings is 1. The first kappa shape index (κ1) is 17.1. The topological polar surface area (TPSA) is 66.4 Å². The van der Waals surface area contributed by atoms with E-state index in [2.05, 4.69) is 9.97 Å². The Kier molecular flexibility index (Phi) is 4.97. The summed E-state index contributed by atoms with van der Waals surface area (Å²) < 4.78 is 0. The van der Waals surface area contributed by atoms with E-state index in [4.69, 9.17) is 0 Å². The predicted octanol–water partition coefficient (Wildman–Crippen LogP) is 2.23. The predicted molar refractivity (Wildman–Crippen MR) is 98.8 cm³/mol. The first-order chi connectivity index (χ1) is 12.7. The van der Waals surface area contributed by atoms with E-state index >= 15 is 0 Å². The summed E-state index contributed by atoms with van der Waals surface area (Å²) in [5.41, 5.74) is 3.24. The van der Waals surface area contributed by atoms with Gasteiger partial charge in [0.05, 0.1) is 5.51 Å². The second kappa shape index (κ2) is 7.53. The molecule has 4 rings (SSSR count). The molecule has 0 spiro atoms. The van der Waals surface area contributed by atoms with Crippen LogP contribution < -0.4 is 0 Å². The van der Waals surface area contributed by atoms with Crippen molar-refractivity contribution < 1.29 is 9.59 Å². The van der Waals surface area contributed by atoms with Gasteiger partial charge in [-0.1, -0.05) is 6.07 Å².